The average molecular weight is 286 g/mol. The first-order valence-electron chi connectivity index (χ1n) is 7.36. The van der Waals surface area contributed by atoms with E-state index in [-0.39, 0.29) is 17.9 Å². The van der Waals surface area contributed by atoms with E-state index in [4.69, 9.17) is 4.74 Å². The van der Waals surface area contributed by atoms with E-state index in [1.54, 1.807) is 0 Å². The second-order valence-corrected chi connectivity index (χ2v) is 6.75. The number of nitrogens with zero attached hydrogens (tertiary/aromatic N) is 1. The highest BCUT2D eigenvalue weighted by molar-refractivity contribution is 7.99. The highest BCUT2D eigenvalue weighted by Crippen LogP contribution is 2.25. The Morgan fingerprint density at radius 1 is 1.53 bits per heavy atom. The highest BCUT2D eigenvalue weighted by atomic mass is 32.2. The molecule has 1 N–H and O–H groups in total. The van der Waals surface area contributed by atoms with Crippen LogP contribution in [0.25, 0.3) is 0 Å². The van der Waals surface area contributed by atoms with Gasteiger partial charge in [0, 0.05) is 37.4 Å². The number of thioether (sulfide) groups is 1. The fraction of sp³-hybridized carbons (Fsp3) is 0.929. The Hall–Kier alpha value is -0.260. The van der Waals surface area contributed by atoms with Gasteiger partial charge >= 0.3 is 0 Å². The topological polar surface area (TPSA) is 41.6 Å². The van der Waals surface area contributed by atoms with E-state index < -0.39 is 0 Å². The number of hydrogen-bond donors (Lipinski definition) is 1. The zero-order valence-corrected chi connectivity index (χ0v) is 12.9. The number of amides is 1. The van der Waals surface area contributed by atoms with E-state index in [1.165, 1.54) is 5.75 Å². The van der Waals surface area contributed by atoms with Crippen LogP contribution in [0.5, 0.6) is 0 Å². The fourth-order valence-corrected chi connectivity index (χ4v) is 4.10. The van der Waals surface area contributed by atoms with Crippen LogP contribution >= 0.6 is 11.8 Å². The van der Waals surface area contributed by atoms with Crippen molar-refractivity contribution in [3.8, 4) is 0 Å². The molecule has 1 amide bonds. The molecule has 0 spiro atoms. The first kappa shape index (κ1) is 15.1. The Morgan fingerprint density at radius 2 is 2.37 bits per heavy atom. The van der Waals surface area contributed by atoms with Crippen LogP contribution in [0.1, 0.15) is 26.2 Å². The lowest BCUT2D eigenvalue weighted by Gasteiger charge is -2.33. The molecule has 0 aromatic heterocycles. The lowest BCUT2D eigenvalue weighted by Crippen LogP contribution is -2.48. The lowest BCUT2D eigenvalue weighted by atomic mass is 10.1. The smallest absolute Gasteiger partial charge is 0.227 e. The van der Waals surface area contributed by atoms with Gasteiger partial charge in [-0.25, -0.2) is 0 Å². The Balaban J connectivity index is 1.97. The van der Waals surface area contributed by atoms with Crippen LogP contribution in [0.3, 0.4) is 0 Å². The highest BCUT2D eigenvalue weighted by Gasteiger charge is 2.32. The fourth-order valence-electron chi connectivity index (χ4n) is 2.87. The minimum atomic E-state index is 0.0528. The summed E-state index contributed by atoms with van der Waals surface area (Å²) in [6, 6.07) is 0.418. The monoisotopic (exact) mass is 286 g/mol. The van der Waals surface area contributed by atoms with Crippen LogP contribution in [-0.4, -0.2) is 61.2 Å². The number of carbonyl (C=O) groups excluding carboxylic acids is 1. The van der Waals surface area contributed by atoms with Gasteiger partial charge in [-0.3, -0.25) is 4.79 Å². The summed E-state index contributed by atoms with van der Waals surface area (Å²) >= 11 is 1.96. The maximum absolute atomic E-state index is 12.6. The molecule has 19 heavy (non-hydrogen) atoms. The molecule has 5 heteroatoms. The summed E-state index contributed by atoms with van der Waals surface area (Å²) in [5, 5.41) is 3.10. The molecule has 2 aliphatic rings. The quantitative estimate of drug-likeness (QED) is 0.800. The van der Waals surface area contributed by atoms with Crippen LogP contribution in [0, 0.1) is 5.92 Å². The van der Waals surface area contributed by atoms with E-state index in [0.29, 0.717) is 6.04 Å². The van der Waals surface area contributed by atoms with Gasteiger partial charge in [0.05, 0.1) is 6.10 Å². The van der Waals surface area contributed by atoms with Crippen LogP contribution in [0.4, 0.5) is 0 Å². The Kier molecular flexibility index (Phi) is 5.98. The molecule has 3 atom stereocenters. The van der Waals surface area contributed by atoms with Gasteiger partial charge in [0.1, 0.15) is 0 Å². The van der Waals surface area contributed by atoms with Gasteiger partial charge in [0.25, 0.3) is 0 Å². The molecule has 2 heterocycles. The molecule has 2 rings (SSSR count). The number of nitrogens with one attached hydrogen (secondary N) is 1. The van der Waals surface area contributed by atoms with Gasteiger partial charge in [-0.1, -0.05) is 6.92 Å². The first-order valence-corrected chi connectivity index (χ1v) is 8.52. The third-order valence-electron chi connectivity index (χ3n) is 3.99. The molecule has 110 valence electrons. The van der Waals surface area contributed by atoms with Gasteiger partial charge < -0.3 is 15.0 Å². The summed E-state index contributed by atoms with van der Waals surface area (Å²) in [6.45, 7) is 4.42. The normalized spacial score (nSPS) is 28.5. The molecule has 4 nitrogen and oxygen atoms in total. The van der Waals surface area contributed by atoms with Crippen LogP contribution in [0.15, 0.2) is 0 Å². The van der Waals surface area contributed by atoms with Crippen LogP contribution in [-0.2, 0) is 9.53 Å². The zero-order chi connectivity index (χ0) is 13.7. The van der Waals surface area contributed by atoms with E-state index in [0.717, 1.165) is 44.7 Å². The largest absolute Gasteiger partial charge is 0.376 e. The Bertz CT molecular complexity index is 289. The molecule has 0 bridgehead atoms. The maximum atomic E-state index is 12.6. The average Bonchev–Trinajstić information content (AvgIpc) is 3.08. The summed E-state index contributed by atoms with van der Waals surface area (Å²) < 4.78 is 5.72. The maximum Gasteiger partial charge on any atom is 0.227 e. The molecule has 3 unspecified atom stereocenters. The van der Waals surface area contributed by atoms with E-state index in [9.17, 15) is 4.79 Å². The molecule has 2 saturated heterocycles. The van der Waals surface area contributed by atoms with Gasteiger partial charge in [-0.05, 0) is 32.1 Å². The molecule has 0 saturated carbocycles. The van der Waals surface area contributed by atoms with Crippen molar-refractivity contribution in [3.05, 3.63) is 0 Å². The zero-order valence-electron chi connectivity index (χ0n) is 12.1. The van der Waals surface area contributed by atoms with Crippen molar-refractivity contribution in [2.45, 2.75) is 38.3 Å². The molecule has 2 aliphatic heterocycles. The summed E-state index contributed by atoms with van der Waals surface area (Å²) in [5.41, 5.74) is 0. The number of ether oxygens (including phenoxy) is 1. The predicted octanol–water partition coefficient (Wildman–Crippen LogP) is 1.35. The Labute approximate surface area is 120 Å². The van der Waals surface area contributed by atoms with E-state index in [1.807, 2.05) is 25.7 Å². The van der Waals surface area contributed by atoms with Crippen molar-refractivity contribution in [2.75, 3.05) is 38.2 Å². The van der Waals surface area contributed by atoms with Gasteiger partial charge in [-0.15, -0.1) is 0 Å². The van der Waals surface area contributed by atoms with Gasteiger partial charge in [0.2, 0.25) is 5.91 Å². The van der Waals surface area contributed by atoms with Crippen molar-refractivity contribution in [3.63, 3.8) is 0 Å². The van der Waals surface area contributed by atoms with Crippen molar-refractivity contribution >= 4 is 17.7 Å². The third kappa shape index (κ3) is 4.10. The van der Waals surface area contributed by atoms with Crippen molar-refractivity contribution in [1.82, 2.24) is 10.2 Å². The molecule has 0 aromatic rings. The van der Waals surface area contributed by atoms with Crippen LogP contribution < -0.4 is 5.32 Å². The standard InChI is InChI=1S/C14H26N2O2S/c1-11(8-15-2)14(17)16(12-5-7-19-10-12)9-13-4-3-6-18-13/h11-13,15H,3-10H2,1-2H3. The van der Waals surface area contributed by atoms with Crippen molar-refractivity contribution < 1.29 is 9.53 Å². The lowest BCUT2D eigenvalue weighted by molar-refractivity contribution is -0.138. The SMILES string of the molecule is CNCC(C)C(=O)N(CC1CCCO1)C1CCSC1. The molecular formula is C14H26N2O2S. The minimum absolute atomic E-state index is 0.0528. The second kappa shape index (κ2) is 7.50. The number of hydrogen-bond acceptors (Lipinski definition) is 4. The number of carbonyl (C=O) groups is 1. The molecule has 0 aliphatic carbocycles. The van der Waals surface area contributed by atoms with Gasteiger partial charge in [0.15, 0.2) is 0 Å². The minimum Gasteiger partial charge on any atom is -0.376 e. The van der Waals surface area contributed by atoms with Gasteiger partial charge in [-0.2, -0.15) is 11.8 Å². The molecule has 0 radical (unpaired) electrons. The summed E-state index contributed by atoms with van der Waals surface area (Å²) in [4.78, 5) is 14.7. The first-order chi connectivity index (χ1) is 9.22. The van der Waals surface area contributed by atoms with Crippen LogP contribution in [0.2, 0.25) is 0 Å². The summed E-state index contributed by atoms with van der Waals surface area (Å²) in [7, 11) is 1.90. The summed E-state index contributed by atoms with van der Waals surface area (Å²) in [5.74, 6) is 2.61. The van der Waals surface area contributed by atoms with E-state index >= 15 is 0 Å². The number of rotatable bonds is 6. The summed E-state index contributed by atoms with van der Waals surface area (Å²) in [6.07, 6.45) is 3.63. The third-order valence-corrected chi connectivity index (χ3v) is 5.13. The van der Waals surface area contributed by atoms with Crippen molar-refractivity contribution in [2.24, 2.45) is 5.92 Å². The van der Waals surface area contributed by atoms with Crippen molar-refractivity contribution in [1.29, 1.82) is 0 Å². The second-order valence-electron chi connectivity index (χ2n) is 5.60. The molecule has 2 fully saturated rings. The predicted molar refractivity (Wildman–Crippen MR) is 79.5 cm³/mol. The molecular weight excluding hydrogens is 260 g/mol. The Morgan fingerprint density at radius 3 is 2.95 bits per heavy atom. The molecule has 0 aromatic carbocycles. The van der Waals surface area contributed by atoms with E-state index in [2.05, 4.69) is 10.2 Å².